The van der Waals surface area contributed by atoms with Crippen molar-refractivity contribution in [3.8, 4) is 0 Å². The lowest BCUT2D eigenvalue weighted by molar-refractivity contribution is 0.278. The Morgan fingerprint density at radius 1 is 0.700 bits per heavy atom. The second-order valence-electron chi connectivity index (χ2n) is 6.20. The van der Waals surface area contributed by atoms with Gasteiger partial charge in [-0.05, 0) is 52.2 Å². The van der Waals surface area contributed by atoms with Gasteiger partial charge in [0.25, 0.3) is 0 Å². The summed E-state index contributed by atoms with van der Waals surface area (Å²) in [7, 11) is 8.70. The highest BCUT2D eigenvalue weighted by atomic mass is 15.1. The quantitative estimate of drug-likeness (QED) is 0.690. The number of rotatable bonds is 8. The molecule has 1 rings (SSSR count). The van der Waals surface area contributed by atoms with Gasteiger partial charge in [0.1, 0.15) is 0 Å². The van der Waals surface area contributed by atoms with Crippen molar-refractivity contribution in [2.75, 3.05) is 28.2 Å². The Labute approximate surface area is 125 Å². The van der Waals surface area contributed by atoms with Gasteiger partial charge in [-0.2, -0.15) is 0 Å². The summed E-state index contributed by atoms with van der Waals surface area (Å²) in [5, 5.41) is 0. The first-order valence-electron chi connectivity index (χ1n) is 7.93. The van der Waals surface area contributed by atoms with Gasteiger partial charge in [-0.15, -0.1) is 0 Å². The largest absolute Gasteiger partial charge is 0.302 e. The fraction of sp³-hybridized carbons (Fsp3) is 0.667. The van der Waals surface area contributed by atoms with Gasteiger partial charge in [0.05, 0.1) is 0 Å². The average Bonchev–Trinajstić information content (AvgIpc) is 2.42. The molecule has 0 saturated carbocycles. The van der Waals surface area contributed by atoms with E-state index in [9.17, 15) is 0 Å². The maximum absolute atomic E-state index is 2.33. The van der Waals surface area contributed by atoms with E-state index in [-0.39, 0.29) is 0 Å². The van der Waals surface area contributed by atoms with Crippen LogP contribution in [0.25, 0.3) is 0 Å². The number of hydrogen-bond donors (Lipinski definition) is 0. The highest BCUT2D eigenvalue weighted by Gasteiger charge is 2.16. The van der Waals surface area contributed by atoms with Gasteiger partial charge in [0.15, 0.2) is 0 Å². The van der Waals surface area contributed by atoms with Gasteiger partial charge in [-0.25, -0.2) is 0 Å². The molecule has 2 heteroatoms. The zero-order chi connectivity index (χ0) is 15.1. The van der Waals surface area contributed by atoms with E-state index in [2.05, 4.69) is 76.1 Å². The Kier molecular flexibility index (Phi) is 7.25. The minimum atomic E-state index is 0.540. The van der Waals surface area contributed by atoms with Crippen molar-refractivity contribution in [1.82, 2.24) is 9.80 Å². The minimum Gasteiger partial charge on any atom is -0.302 e. The number of benzene rings is 1. The molecular weight excluding hydrogens is 244 g/mol. The molecule has 0 aliphatic rings. The molecule has 2 atom stereocenters. The molecule has 0 amide bonds. The maximum Gasteiger partial charge on any atom is 0.0341 e. The molecule has 114 valence electrons. The molecule has 0 aliphatic carbocycles. The second-order valence-corrected chi connectivity index (χ2v) is 6.20. The molecule has 2 nitrogen and oxygen atoms in total. The topological polar surface area (TPSA) is 6.48 Å². The highest BCUT2D eigenvalue weighted by Crippen LogP contribution is 2.28. The summed E-state index contributed by atoms with van der Waals surface area (Å²) in [6.07, 6.45) is 4.89. The third-order valence-corrected chi connectivity index (χ3v) is 4.08. The number of hydrogen-bond acceptors (Lipinski definition) is 2. The Morgan fingerprint density at radius 3 is 1.20 bits per heavy atom. The Bertz CT molecular complexity index is 331. The summed E-state index contributed by atoms with van der Waals surface area (Å²) in [5.41, 5.74) is 2.88. The molecule has 0 radical (unpaired) electrons. The van der Waals surface area contributed by atoms with Crippen LogP contribution in [-0.2, 0) is 0 Å². The van der Waals surface area contributed by atoms with Crippen LogP contribution in [0.3, 0.4) is 0 Å². The fourth-order valence-electron chi connectivity index (χ4n) is 2.93. The third-order valence-electron chi connectivity index (χ3n) is 4.08. The van der Waals surface area contributed by atoms with E-state index in [1.165, 1.54) is 36.8 Å². The smallest absolute Gasteiger partial charge is 0.0341 e. The highest BCUT2D eigenvalue weighted by molar-refractivity contribution is 5.27. The van der Waals surface area contributed by atoms with Crippen molar-refractivity contribution >= 4 is 0 Å². The standard InChI is InChI=1S/C18H32N2/c1-7-9-17(19(3)4)15-11-13-16(14-12-15)18(10-8-2)20(5)6/h11-14,17-18H,7-10H2,1-6H3/t17-,18-/m0/s1. The lowest BCUT2D eigenvalue weighted by atomic mass is 9.96. The van der Waals surface area contributed by atoms with Crippen LogP contribution in [0, 0.1) is 0 Å². The normalized spacial score (nSPS) is 14.8. The van der Waals surface area contributed by atoms with Crippen LogP contribution in [0.15, 0.2) is 24.3 Å². The van der Waals surface area contributed by atoms with Crippen LogP contribution in [0.4, 0.5) is 0 Å². The van der Waals surface area contributed by atoms with E-state index < -0.39 is 0 Å². The summed E-state index contributed by atoms with van der Waals surface area (Å²) in [5.74, 6) is 0. The predicted octanol–water partition coefficient (Wildman–Crippen LogP) is 4.49. The van der Waals surface area contributed by atoms with Crippen molar-refractivity contribution in [1.29, 1.82) is 0 Å². The molecule has 1 aromatic rings. The van der Waals surface area contributed by atoms with Crippen molar-refractivity contribution in [2.45, 2.75) is 51.6 Å². The fourth-order valence-corrected chi connectivity index (χ4v) is 2.93. The molecule has 0 heterocycles. The first-order valence-corrected chi connectivity index (χ1v) is 7.93. The zero-order valence-electron chi connectivity index (χ0n) is 14.2. The summed E-state index contributed by atoms with van der Waals surface area (Å²) in [4.78, 5) is 4.65. The SMILES string of the molecule is CCC[C@@H](c1ccc([C@H](CCC)N(C)C)cc1)N(C)C. The molecule has 0 N–H and O–H groups in total. The van der Waals surface area contributed by atoms with Crippen LogP contribution < -0.4 is 0 Å². The van der Waals surface area contributed by atoms with Gasteiger partial charge in [0, 0.05) is 12.1 Å². The number of nitrogens with zero attached hydrogens (tertiary/aromatic N) is 2. The van der Waals surface area contributed by atoms with Crippen LogP contribution >= 0.6 is 0 Å². The molecule has 0 bridgehead atoms. The molecule has 0 unspecified atom stereocenters. The van der Waals surface area contributed by atoms with E-state index in [0.717, 1.165) is 0 Å². The minimum absolute atomic E-state index is 0.540. The lowest BCUT2D eigenvalue weighted by Crippen LogP contribution is -2.21. The maximum atomic E-state index is 2.33. The zero-order valence-corrected chi connectivity index (χ0v) is 14.2. The molecule has 0 aliphatic heterocycles. The lowest BCUT2D eigenvalue weighted by Gasteiger charge is -2.27. The van der Waals surface area contributed by atoms with E-state index in [4.69, 9.17) is 0 Å². The predicted molar refractivity (Wildman–Crippen MR) is 89.1 cm³/mol. The van der Waals surface area contributed by atoms with Gasteiger partial charge in [-0.1, -0.05) is 51.0 Å². The Morgan fingerprint density at radius 2 is 1.00 bits per heavy atom. The van der Waals surface area contributed by atoms with Crippen LogP contribution in [0.2, 0.25) is 0 Å². The van der Waals surface area contributed by atoms with Crippen LogP contribution in [0.1, 0.15) is 62.7 Å². The average molecular weight is 276 g/mol. The summed E-state index contributed by atoms with van der Waals surface area (Å²) in [6.45, 7) is 4.52. The molecular formula is C18H32N2. The van der Waals surface area contributed by atoms with Crippen LogP contribution in [0.5, 0.6) is 0 Å². The van der Waals surface area contributed by atoms with Crippen LogP contribution in [-0.4, -0.2) is 38.0 Å². The van der Waals surface area contributed by atoms with Gasteiger partial charge < -0.3 is 9.80 Å². The van der Waals surface area contributed by atoms with E-state index in [1.54, 1.807) is 0 Å². The third kappa shape index (κ3) is 4.60. The first kappa shape index (κ1) is 17.2. The summed E-state index contributed by atoms with van der Waals surface area (Å²) >= 11 is 0. The van der Waals surface area contributed by atoms with E-state index in [0.29, 0.717) is 12.1 Å². The summed E-state index contributed by atoms with van der Waals surface area (Å²) < 4.78 is 0. The molecule has 0 saturated heterocycles. The molecule has 0 spiro atoms. The molecule has 1 aromatic carbocycles. The Balaban J connectivity index is 2.90. The summed E-state index contributed by atoms with van der Waals surface area (Å²) in [6, 6.07) is 10.4. The van der Waals surface area contributed by atoms with Crippen molar-refractivity contribution in [3.05, 3.63) is 35.4 Å². The first-order chi connectivity index (χ1) is 9.51. The van der Waals surface area contributed by atoms with Crippen molar-refractivity contribution in [2.24, 2.45) is 0 Å². The molecule has 0 aromatic heterocycles. The molecule has 20 heavy (non-hydrogen) atoms. The van der Waals surface area contributed by atoms with Gasteiger partial charge >= 0.3 is 0 Å². The molecule has 0 fully saturated rings. The van der Waals surface area contributed by atoms with Gasteiger partial charge in [-0.3, -0.25) is 0 Å². The van der Waals surface area contributed by atoms with Crippen molar-refractivity contribution in [3.63, 3.8) is 0 Å². The monoisotopic (exact) mass is 276 g/mol. The van der Waals surface area contributed by atoms with Gasteiger partial charge in [0.2, 0.25) is 0 Å². The second kappa shape index (κ2) is 8.43. The van der Waals surface area contributed by atoms with E-state index in [1.807, 2.05) is 0 Å². The van der Waals surface area contributed by atoms with E-state index >= 15 is 0 Å². The van der Waals surface area contributed by atoms with Crippen molar-refractivity contribution < 1.29 is 0 Å². The Hall–Kier alpha value is -0.860.